The van der Waals surface area contributed by atoms with E-state index in [1.807, 2.05) is 4.90 Å². The zero-order valence-corrected chi connectivity index (χ0v) is 13.5. The smallest absolute Gasteiger partial charge is 0.270 e. The highest BCUT2D eigenvalue weighted by Crippen LogP contribution is 2.26. The van der Waals surface area contributed by atoms with Gasteiger partial charge < -0.3 is 14.8 Å². The first-order valence-corrected chi connectivity index (χ1v) is 7.77. The third kappa shape index (κ3) is 2.83. The van der Waals surface area contributed by atoms with Crippen molar-refractivity contribution in [3.05, 3.63) is 34.7 Å². The molecule has 22 heavy (non-hydrogen) atoms. The van der Waals surface area contributed by atoms with E-state index < -0.39 is 5.82 Å². The van der Waals surface area contributed by atoms with Crippen molar-refractivity contribution >= 4 is 28.4 Å². The molecule has 1 fully saturated rings. The monoisotopic (exact) mass is 323 g/mol. The first-order chi connectivity index (χ1) is 10.5. The summed E-state index contributed by atoms with van der Waals surface area (Å²) in [4.78, 5) is 19.6. The van der Waals surface area contributed by atoms with Crippen LogP contribution in [0.3, 0.4) is 0 Å². The molecule has 1 saturated heterocycles. The number of nitrogens with zero attached hydrogens (tertiary/aromatic N) is 2. The van der Waals surface area contributed by atoms with Crippen molar-refractivity contribution in [2.75, 3.05) is 27.2 Å². The van der Waals surface area contributed by atoms with Crippen LogP contribution in [0.15, 0.2) is 18.2 Å². The molecule has 0 unspecified atom stereocenters. The first kappa shape index (κ1) is 15.3. The minimum atomic E-state index is -0.412. The van der Waals surface area contributed by atoms with Crippen LogP contribution in [0.5, 0.6) is 0 Å². The fourth-order valence-corrected chi connectivity index (χ4v) is 3.29. The van der Waals surface area contributed by atoms with Crippen LogP contribution < -0.4 is 0 Å². The van der Waals surface area contributed by atoms with Crippen LogP contribution in [0.4, 0.5) is 4.39 Å². The van der Waals surface area contributed by atoms with Crippen LogP contribution >= 0.6 is 11.6 Å². The van der Waals surface area contributed by atoms with Crippen molar-refractivity contribution in [3.63, 3.8) is 0 Å². The molecule has 3 rings (SSSR count). The Morgan fingerprint density at radius 2 is 2.00 bits per heavy atom. The number of nitrogens with one attached hydrogen (secondary N) is 1. The summed E-state index contributed by atoms with van der Waals surface area (Å²) in [5.41, 5.74) is 1.02. The maximum Gasteiger partial charge on any atom is 0.270 e. The molecule has 0 saturated carbocycles. The number of carbonyl (C=O) groups is 1. The van der Waals surface area contributed by atoms with Gasteiger partial charge in [0.2, 0.25) is 0 Å². The van der Waals surface area contributed by atoms with Crippen molar-refractivity contribution in [3.8, 4) is 0 Å². The van der Waals surface area contributed by atoms with Gasteiger partial charge in [-0.1, -0.05) is 11.6 Å². The average molecular weight is 324 g/mol. The number of amides is 1. The van der Waals surface area contributed by atoms with Crippen molar-refractivity contribution in [2.45, 2.75) is 18.9 Å². The number of hydrogen-bond donors (Lipinski definition) is 1. The predicted molar refractivity (Wildman–Crippen MR) is 85.9 cm³/mol. The minimum absolute atomic E-state index is 0.0510. The van der Waals surface area contributed by atoms with Crippen LogP contribution in [0, 0.1) is 5.82 Å². The zero-order valence-electron chi connectivity index (χ0n) is 12.7. The summed E-state index contributed by atoms with van der Waals surface area (Å²) < 4.78 is 13.4. The second-order valence-electron chi connectivity index (χ2n) is 6.02. The number of H-pyrrole nitrogens is 1. The summed E-state index contributed by atoms with van der Waals surface area (Å²) in [5.74, 6) is -0.463. The van der Waals surface area contributed by atoms with Gasteiger partial charge in [0.05, 0.1) is 10.5 Å². The lowest BCUT2D eigenvalue weighted by molar-refractivity contribution is 0.0658. The van der Waals surface area contributed by atoms with E-state index >= 15 is 0 Å². The number of piperidine rings is 1. The van der Waals surface area contributed by atoms with E-state index in [1.165, 1.54) is 12.1 Å². The van der Waals surface area contributed by atoms with E-state index in [0.717, 1.165) is 25.9 Å². The van der Waals surface area contributed by atoms with Crippen molar-refractivity contribution in [1.82, 2.24) is 14.8 Å². The molecule has 6 heteroatoms. The van der Waals surface area contributed by atoms with E-state index in [2.05, 4.69) is 24.0 Å². The number of aromatic amines is 1. The largest absolute Gasteiger partial charge is 0.350 e. The molecule has 0 aliphatic carbocycles. The number of halogens is 2. The van der Waals surface area contributed by atoms with E-state index in [4.69, 9.17) is 11.6 Å². The summed E-state index contributed by atoms with van der Waals surface area (Å²) in [6.07, 6.45) is 1.93. The maximum absolute atomic E-state index is 13.4. The van der Waals surface area contributed by atoms with Gasteiger partial charge in [-0.25, -0.2) is 4.39 Å². The van der Waals surface area contributed by atoms with Gasteiger partial charge >= 0.3 is 0 Å². The maximum atomic E-state index is 13.4. The van der Waals surface area contributed by atoms with Crippen LogP contribution in [-0.2, 0) is 0 Å². The Morgan fingerprint density at radius 1 is 1.32 bits per heavy atom. The Hall–Kier alpha value is -1.59. The number of likely N-dealkylation sites (tertiary alicyclic amines) is 1. The van der Waals surface area contributed by atoms with Crippen LogP contribution in [0.1, 0.15) is 23.3 Å². The molecule has 1 aromatic carbocycles. The molecule has 1 N–H and O–H groups in total. The minimum Gasteiger partial charge on any atom is -0.350 e. The molecule has 118 valence electrons. The molecule has 2 heterocycles. The van der Waals surface area contributed by atoms with Gasteiger partial charge in [-0.2, -0.15) is 0 Å². The highest BCUT2D eigenvalue weighted by molar-refractivity contribution is 6.35. The topological polar surface area (TPSA) is 39.3 Å². The average Bonchev–Trinajstić information content (AvgIpc) is 2.90. The second kappa shape index (κ2) is 5.89. The number of aromatic nitrogens is 1. The lowest BCUT2D eigenvalue weighted by Gasteiger charge is -2.35. The number of hydrogen-bond acceptors (Lipinski definition) is 2. The molecule has 0 spiro atoms. The van der Waals surface area contributed by atoms with Gasteiger partial charge in [-0.15, -0.1) is 0 Å². The quantitative estimate of drug-likeness (QED) is 0.922. The Balaban J connectivity index is 1.80. The van der Waals surface area contributed by atoms with Crippen molar-refractivity contribution in [1.29, 1.82) is 0 Å². The summed E-state index contributed by atoms with van der Waals surface area (Å²) in [7, 11) is 4.13. The van der Waals surface area contributed by atoms with Gasteiger partial charge in [-0.3, -0.25) is 4.79 Å². The Kier molecular flexibility index (Phi) is 4.10. The van der Waals surface area contributed by atoms with E-state index in [9.17, 15) is 9.18 Å². The van der Waals surface area contributed by atoms with Gasteiger partial charge in [0.1, 0.15) is 11.5 Å². The molecule has 0 atom stereocenters. The third-order valence-corrected chi connectivity index (χ3v) is 4.68. The molecule has 1 amide bonds. The lowest BCUT2D eigenvalue weighted by Crippen LogP contribution is -2.44. The number of carbonyl (C=O) groups excluding carboxylic acids is 1. The SMILES string of the molecule is CN(C)C1CCN(C(=O)c2cc3c(Cl)cc(F)cc3[nH]2)CC1. The summed E-state index contributed by atoms with van der Waals surface area (Å²) >= 11 is 6.03. The van der Waals surface area contributed by atoms with Crippen molar-refractivity contribution < 1.29 is 9.18 Å². The van der Waals surface area contributed by atoms with Crippen LogP contribution in [0.2, 0.25) is 5.02 Å². The number of benzene rings is 1. The van der Waals surface area contributed by atoms with Crippen molar-refractivity contribution in [2.24, 2.45) is 0 Å². The molecular weight excluding hydrogens is 305 g/mol. The second-order valence-corrected chi connectivity index (χ2v) is 6.43. The predicted octanol–water partition coefficient (Wildman–Crippen LogP) is 3.13. The molecular formula is C16H19ClFN3O. The Bertz CT molecular complexity index is 705. The fourth-order valence-electron chi connectivity index (χ4n) is 3.03. The molecule has 4 nitrogen and oxygen atoms in total. The van der Waals surface area contributed by atoms with E-state index in [0.29, 0.717) is 27.7 Å². The van der Waals surface area contributed by atoms with Crippen LogP contribution in [-0.4, -0.2) is 53.9 Å². The number of rotatable bonds is 2. The third-order valence-electron chi connectivity index (χ3n) is 4.36. The van der Waals surface area contributed by atoms with E-state index in [-0.39, 0.29) is 5.91 Å². The molecule has 1 aliphatic heterocycles. The molecule has 1 aromatic heterocycles. The number of fused-ring (bicyclic) bond motifs is 1. The highest BCUT2D eigenvalue weighted by Gasteiger charge is 2.25. The summed E-state index contributed by atoms with van der Waals surface area (Å²) in [6, 6.07) is 4.85. The normalized spacial score (nSPS) is 16.7. The zero-order chi connectivity index (χ0) is 15.9. The van der Waals surface area contributed by atoms with Gasteiger partial charge in [0.25, 0.3) is 5.91 Å². The highest BCUT2D eigenvalue weighted by atomic mass is 35.5. The first-order valence-electron chi connectivity index (χ1n) is 7.39. The lowest BCUT2D eigenvalue weighted by atomic mass is 10.0. The fraction of sp³-hybridized carbons (Fsp3) is 0.438. The van der Waals surface area contributed by atoms with Gasteiger partial charge in [0, 0.05) is 24.5 Å². The van der Waals surface area contributed by atoms with Gasteiger partial charge in [-0.05, 0) is 45.1 Å². The summed E-state index contributed by atoms with van der Waals surface area (Å²) in [6.45, 7) is 1.47. The molecule has 0 radical (unpaired) electrons. The summed E-state index contributed by atoms with van der Waals surface area (Å²) in [5, 5.41) is 0.992. The standard InChI is InChI=1S/C16H19ClFN3O/c1-20(2)11-3-5-21(6-4-11)16(22)15-9-12-13(17)7-10(18)8-14(12)19-15/h7-9,11,19H,3-6H2,1-2H3. The van der Waals surface area contributed by atoms with Gasteiger partial charge in [0.15, 0.2) is 0 Å². The van der Waals surface area contributed by atoms with E-state index in [1.54, 1.807) is 6.07 Å². The Labute approximate surface area is 133 Å². The van der Waals surface area contributed by atoms with Crippen LogP contribution in [0.25, 0.3) is 10.9 Å². The molecule has 0 bridgehead atoms. The molecule has 1 aliphatic rings. The molecule has 2 aromatic rings. The Morgan fingerprint density at radius 3 is 2.64 bits per heavy atom.